The summed E-state index contributed by atoms with van der Waals surface area (Å²) in [5.41, 5.74) is 0.380. The number of hydrogen-bond acceptors (Lipinski definition) is 4. The van der Waals surface area contributed by atoms with Gasteiger partial charge in [-0.3, -0.25) is 4.79 Å². The molecule has 0 aliphatic carbocycles. The van der Waals surface area contributed by atoms with Crippen LogP contribution in [0.5, 0.6) is 5.75 Å². The number of amides is 1. The Bertz CT molecular complexity index is 836. The lowest BCUT2D eigenvalue weighted by atomic mass is 10.2. The summed E-state index contributed by atoms with van der Waals surface area (Å²) in [5.74, 6) is -2.40. The standard InChI is InChI=1S/C19H17F2NO4/c1-12(19(24)22-17-11-14(20)7-8-16(17)21)26-18(23)9-6-13-4-3-5-15(10-13)25-2/h3-12H,1-2H3,(H,22,24)/b9-6+. The van der Waals surface area contributed by atoms with Gasteiger partial charge in [-0.25, -0.2) is 13.6 Å². The molecule has 2 aromatic carbocycles. The summed E-state index contributed by atoms with van der Waals surface area (Å²) in [6.45, 7) is 1.32. The number of halogens is 2. The van der Waals surface area contributed by atoms with Gasteiger partial charge in [0.15, 0.2) is 6.10 Å². The normalized spacial score (nSPS) is 11.8. The van der Waals surface area contributed by atoms with Gasteiger partial charge in [0.2, 0.25) is 0 Å². The molecule has 0 fully saturated rings. The van der Waals surface area contributed by atoms with Crippen LogP contribution in [-0.4, -0.2) is 25.1 Å². The van der Waals surface area contributed by atoms with Gasteiger partial charge < -0.3 is 14.8 Å². The molecule has 0 aliphatic rings. The van der Waals surface area contributed by atoms with E-state index in [0.29, 0.717) is 11.3 Å². The van der Waals surface area contributed by atoms with Crippen LogP contribution in [0, 0.1) is 11.6 Å². The van der Waals surface area contributed by atoms with Crippen molar-refractivity contribution in [3.63, 3.8) is 0 Å². The topological polar surface area (TPSA) is 64.6 Å². The van der Waals surface area contributed by atoms with Gasteiger partial charge in [0.05, 0.1) is 12.8 Å². The molecule has 1 atom stereocenters. The Hall–Kier alpha value is -3.22. The van der Waals surface area contributed by atoms with Gasteiger partial charge in [-0.1, -0.05) is 12.1 Å². The molecule has 0 saturated carbocycles. The fourth-order valence-electron chi connectivity index (χ4n) is 2.00. The van der Waals surface area contributed by atoms with Gasteiger partial charge >= 0.3 is 5.97 Å². The van der Waals surface area contributed by atoms with Crippen molar-refractivity contribution in [3.05, 3.63) is 65.7 Å². The largest absolute Gasteiger partial charge is 0.497 e. The van der Waals surface area contributed by atoms with E-state index in [2.05, 4.69) is 5.32 Å². The minimum absolute atomic E-state index is 0.329. The SMILES string of the molecule is COc1cccc(/C=C/C(=O)OC(C)C(=O)Nc2cc(F)ccc2F)c1. The Morgan fingerprint density at radius 3 is 2.65 bits per heavy atom. The Morgan fingerprint density at radius 1 is 1.15 bits per heavy atom. The van der Waals surface area contributed by atoms with Crippen LogP contribution in [0.2, 0.25) is 0 Å². The van der Waals surface area contributed by atoms with E-state index in [1.807, 2.05) is 0 Å². The zero-order chi connectivity index (χ0) is 19.1. The molecule has 1 unspecified atom stereocenters. The van der Waals surface area contributed by atoms with Crippen LogP contribution < -0.4 is 10.1 Å². The predicted octanol–water partition coefficient (Wildman–Crippen LogP) is 3.56. The van der Waals surface area contributed by atoms with E-state index >= 15 is 0 Å². The Labute approximate surface area is 149 Å². The molecule has 1 amide bonds. The number of carbonyl (C=O) groups is 2. The Balaban J connectivity index is 1.94. The third kappa shape index (κ3) is 5.41. The summed E-state index contributed by atoms with van der Waals surface area (Å²) in [7, 11) is 1.53. The summed E-state index contributed by atoms with van der Waals surface area (Å²) < 4.78 is 36.6. The molecule has 0 radical (unpaired) electrons. The fraction of sp³-hybridized carbons (Fsp3) is 0.158. The monoisotopic (exact) mass is 361 g/mol. The van der Waals surface area contributed by atoms with E-state index in [-0.39, 0.29) is 5.69 Å². The molecule has 0 aliphatic heterocycles. The molecule has 0 spiro atoms. The van der Waals surface area contributed by atoms with E-state index in [1.54, 1.807) is 24.3 Å². The number of carbonyl (C=O) groups excluding carboxylic acids is 2. The van der Waals surface area contributed by atoms with Crippen molar-refractivity contribution < 1.29 is 27.8 Å². The van der Waals surface area contributed by atoms with Crippen molar-refractivity contribution in [1.29, 1.82) is 0 Å². The van der Waals surface area contributed by atoms with Gasteiger partial charge in [0.1, 0.15) is 17.4 Å². The minimum Gasteiger partial charge on any atom is -0.497 e. The lowest BCUT2D eigenvalue weighted by Gasteiger charge is -2.12. The van der Waals surface area contributed by atoms with Crippen molar-refractivity contribution in [2.24, 2.45) is 0 Å². The van der Waals surface area contributed by atoms with Crippen LogP contribution in [0.25, 0.3) is 6.08 Å². The minimum atomic E-state index is -1.19. The number of anilines is 1. The third-order valence-corrected chi connectivity index (χ3v) is 3.35. The third-order valence-electron chi connectivity index (χ3n) is 3.35. The van der Waals surface area contributed by atoms with E-state index in [4.69, 9.17) is 9.47 Å². The highest BCUT2D eigenvalue weighted by molar-refractivity contribution is 5.96. The van der Waals surface area contributed by atoms with Crippen molar-refractivity contribution in [2.75, 3.05) is 12.4 Å². The number of hydrogen-bond donors (Lipinski definition) is 1. The summed E-state index contributed by atoms with van der Waals surface area (Å²) in [6, 6.07) is 9.64. The summed E-state index contributed by atoms with van der Waals surface area (Å²) in [4.78, 5) is 23.8. The second-order valence-corrected chi connectivity index (χ2v) is 5.30. The average molecular weight is 361 g/mol. The molecule has 26 heavy (non-hydrogen) atoms. The highest BCUT2D eigenvalue weighted by atomic mass is 19.1. The Morgan fingerprint density at radius 2 is 1.92 bits per heavy atom. The highest BCUT2D eigenvalue weighted by Gasteiger charge is 2.18. The van der Waals surface area contributed by atoms with Crippen LogP contribution in [0.15, 0.2) is 48.5 Å². The number of ether oxygens (including phenoxy) is 2. The first-order valence-electron chi connectivity index (χ1n) is 7.67. The predicted molar refractivity (Wildman–Crippen MR) is 92.6 cm³/mol. The number of esters is 1. The van der Waals surface area contributed by atoms with Crippen LogP contribution in [-0.2, 0) is 14.3 Å². The van der Waals surface area contributed by atoms with E-state index in [0.717, 1.165) is 24.3 Å². The maximum absolute atomic E-state index is 13.5. The first kappa shape index (κ1) is 19.1. The van der Waals surface area contributed by atoms with Crippen molar-refractivity contribution in [3.8, 4) is 5.75 Å². The smallest absolute Gasteiger partial charge is 0.331 e. The lowest BCUT2D eigenvalue weighted by Crippen LogP contribution is -2.29. The van der Waals surface area contributed by atoms with Gasteiger partial charge in [0, 0.05) is 12.1 Å². The van der Waals surface area contributed by atoms with Gasteiger partial charge in [0.25, 0.3) is 5.91 Å². The number of methoxy groups -OCH3 is 1. The molecule has 2 aromatic rings. The maximum atomic E-state index is 13.5. The van der Waals surface area contributed by atoms with E-state index in [9.17, 15) is 18.4 Å². The first-order chi connectivity index (χ1) is 12.4. The van der Waals surface area contributed by atoms with Crippen molar-refractivity contribution in [2.45, 2.75) is 13.0 Å². The summed E-state index contributed by atoms with van der Waals surface area (Å²) in [6.07, 6.45) is 1.46. The highest BCUT2D eigenvalue weighted by Crippen LogP contribution is 2.16. The summed E-state index contributed by atoms with van der Waals surface area (Å²) >= 11 is 0. The molecule has 2 rings (SSSR count). The maximum Gasteiger partial charge on any atom is 0.331 e. The second kappa shape index (κ2) is 8.75. The quantitative estimate of drug-likeness (QED) is 0.631. The van der Waals surface area contributed by atoms with Gasteiger partial charge in [-0.15, -0.1) is 0 Å². The van der Waals surface area contributed by atoms with Crippen LogP contribution in [0.1, 0.15) is 12.5 Å². The zero-order valence-electron chi connectivity index (χ0n) is 14.2. The van der Waals surface area contributed by atoms with Crippen LogP contribution >= 0.6 is 0 Å². The average Bonchev–Trinajstić information content (AvgIpc) is 2.63. The molecular weight excluding hydrogens is 344 g/mol. The molecule has 0 saturated heterocycles. The van der Waals surface area contributed by atoms with Gasteiger partial charge in [-0.05, 0) is 42.8 Å². The van der Waals surface area contributed by atoms with Crippen molar-refractivity contribution >= 4 is 23.6 Å². The van der Waals surface area contributed by atoms with Crippen molar-refractivity contribution in [1.82, 2.24) is 0 Å². The fourth-order valence-corrected chi connectivity index (χ4v) is 2.00. The second-order valence-electron chi connectivity index (χ2n) is 5.30. The Kier molecular flexibility index (Phi) is 6.43. The first-order valence-corrected chi connectivity index (χ1v) is 7.67. The molecule has 136 valence electrons. The number of rotatable bonds is 6. The van der Waals surface area contributed by atoms with Gasteiger partial charge in [-0.2, -0.15) is 0 Å². The molecular formula is C19H17F2NO4. The summed E-state index contributed by atoms with van der Waals surface area (Å²) in [5, 5.41) is 2.17. The number of nitrogens with one attached hydrogen (secondary N) is 1. The van der Waals surface area contributed by atoms with Crippen LogP contribution in [0.4, 0.5) is 14.5 Å². The molecule has 0 bridgehead atoms. The molecule has 1 N–H and O–H groups in total. The lowest BCUT2D eigenvalue weighted by molar-refractivity contribution is -0.148. The van der Waals surface area contributed by atoms with Crippen LogP contribution in [0.3, 0.4) is 0 Å². The molecule has 0 heterocycles. The zero-order valence-corrected chi connectivity index (χ0v) is 14.2. The molecule has 7 heteroatoms. The molecule has 5 nitrogen and oxygen atoms in total. The van der Waals surface area contributed by atoms with E-state index < -0.39 is 29.6 Å². The van der Waals surface area contributed by atoms with E-state index in [1.165, 1.54) is 20.1 Å². The molecule has 0 aromatic heterocycles. The number of benzene rings is 2.